The molecule has 148 valence electrons. The topological polar surface area (TPSA) is 96.5 Å². The second-order valence-electron chi connectivity index (χ2n) is 7.38. The van der Waals surface area contributed by atoms with Crippen molar-refractivity contribution < 1.29 is 19.1 Å². The Bertz CT molecular complexity index is 691. The van der Waals surface area contributed by atoms with Gasteiger partial charge in [-0.1, -0.05) is 38.1 Å². The third-order valence-corrected chi connectivity index (χ3v) is 3.18. The molecule has 1 rings (SSSR count). The van der Waals surface area contributed by atoms with Crippen molar-refractivity contribution in [1.29, 1.82) is 0 Å². The van der Waals surface area contributed by atoms with Crippen LogP contribution in [0.2, 0.25) is 0 Å². The summed E-state index contributed by atoms with van der Waals surface area (Å²) in [7, 11) is 0. The van der Waals surface area contributed by atoms with Gasteiger partial charge >= 0.3 is 6.09 Å². The second-order valence-corrected chi connectivity index (χ2v) is 7.38. The standard InChI is InChI=1S/C20H29N3O4/c1-14(2)10-11-17(24)23-16-9-7-6-8-15(16)12-21-18(25)13-22-19(26)27-20(3,4)5/h6-11,14H,12-13H2,1-5H3,(H,21,25)(H,22,26)(H,23,24)/b11-10+. The number of anilines is 1. The Morgan fingerprint density at radius 1 is 1.11 bits per heavy atom. The van der Waals surface area contributed by atoms with Gasteiger partial charge in [-0.2, -0.15) is 0 Å². The number of amides is 3. The molecule has 1 aromatic carbocycles. The largest absolute Gasteiger partial charge is 0.444 e. The maximum Gasteiger partial charge on any atom is 0.408 e. The highest BCUT2D eigenvalue weighted by Crippen LogP contribution is 2.15. The SMILES string of the molecule is CC(C)/C=C/C(=O)Nc1ccccc1CNC(=O)CNC(=O)OC(C)(C)C. The van der Waals surface area contributed by atoms with Gasteiger partial charge in [0.1, 0.15) is 12.1 Å². The number of benzene rings is 1. The molecule has 3 N–H and O–H groups in total. The Kier molecular flexibility index (Phi) is 8.51. The van der Waals surface area contributed by atoms with E-state index in [1.54, 1.807) is 32.9 Å². The molecular weight excluding hydrogens is 346 g/mol. The highest BCUT2D eigenvalue weighted by molar-refractivity contribution is 5.99. The van der Waals surface area contributed by atoms with Gasteiger partial charge in [0.15, 0.2) is 0 Å². The maximum atomic E-state index is 12.0. The first kappa shape index (κ1) is 22.2. The number of carbonyl (C=O) groups excluding carboxylic acids is 3. The quantitative estimate of drug-likeness (QED) is 0.638. The van der Waals surface area contributed by atoms with E-state index < -0.39 is 11.7 Å². The van der Waals surface area contributed by atoms with E-state index in [4.69, 9.17) is 4.74 Å². The summed E-state index contributed by atoms with van der Waals surface area (Å²) >= 11 is 0. The lowest BCUT2D eigenvalue weighted by Crippen LogP contribution is -2.39. The number of carbonyl (C=O) groups is 3. The maximum absolute atomic E-state index is 12.0. The van der Waals surface area contributed by atoms with Crippen molar-refractivity contribution in [1.82, 2.24) is 10.6 Å². The van der Waals surface area contributed by atoms with Gasteiger partial charge in [0.2, 0.25) is 11.8 Å². The number of hydrogen-bond donors (Lipinski definition) is 3. The van der Waals surface area contributed by atoms with Crippen molar-refractivity contribution in [3.8, 4) is 0 Å². The third kappa shape index (κ3) is 10.0. The van der Waals surface area contributed by atoms with Crippen molar-refractivity contribution >= 4 is 23.6 Å². The van der Waals surface area contributed by atoms with E-state index in [0.29, 0.717) is 5.69 Å². The summed E-state index contributed by atoms with van der Waals surface area (Å²) in [5, 5.41) is 7.90. The average Bonchev–Trinajstić information content (AvgIpc) is 2.56. The van der Waals surface area contributed by atoms with E-state index in [1.165, 1.54) is 6.08 Å². The van der Waals surface area contributed by atoms with Gasteiger partial charge in [-0.05, 0) is 44.4 Å². The zero-order chi connectivity index (χ0) is 20.4. The van der Waals surface area contributed by atoms with E-state index in [-0.39, 0.29) is 30.8 Å². The van der Waals surface area contributed by atoms with Crippen LogP contribution in [0.15, 0.2) is 36.4 Å². The van der Waals surface area contributed by atoms with Gasteiger partial charge in [-0.15, -0.1) is 0 Å². The molecule has 0 fully saturated rings. The lowest BCUT2D eigenvalue weighted by molar-refractivity contribution is -0.120. The molecule has 0 aromatic heterocycles. The number of ether oxygens (including phenoxy) is 1. The first-order valence-corrected chi connectivity index (χ1v) is 8.87. The van der Waals surface area contributed by atoms with Crippen LogP contribution in [-0.2, 0) is 20.9 Å². The first-order valence-electron chi connectivity index (χ1n) is 8.87. The van der Waals surface area contributed by atoms with Crippen LogP contribution >= 0.6 is 0 Å². The summed E-state index contributed by atoms with van der Waals surface area (Å²) < 4.78 is 5.07. The van der Waals surface area contributed by atoms with Gasteiger partial charge in [0.05, 0.1) is 0 Å². The number of nitrogens with one attached hydrogen (secondary N) is 3. The molecule has 0 aliphatic carbocycles. The predicted molar refractivity (Wildman–Crippen MR) is 105 cm³/mol. The summed E-state index contributed by atoms with van der Waals surface area (Å²) in [6.45, 7) is 9.23. The monoisotopic (exact) mass is 375 g/mol. The molecule has 7 nitrogen and oxygen atoms in total. The van der Waals surface area contributed by atoms with E-state index in [0.717, 1.165) is 5.56 Å². The molecule has 0 bridgehead atoms. The van der Waals surface area contributed by atoms with Crippen molar-refractivity contribution in [2.24, 2.45) is 5.92 Å². The molecule has 0 saturated carbocycles. The fourth-order valence-corrected chi connectivity index (χ4v) is 1.97. The predicted octanol–water partition coefficient (Wildman–Crippen LogP) is 2.98. The molecule has 0 saturated heterocycles. The molecular formula is C20H29N3O4. The Labute approximate surface area is 160 Å². The van der Waals surface area contributed by atoms with Crippen molar-refractivity contribution in [2.45, 2.75) is 46.8 Å². The number of hydrogen-bond acceptors (Lipinski definition) is 4. The summed E-state index contributed by atoms with van der Waals surface area (Å²) in [5.74, 6) is -0.307. The molecule has 0 unspecified atom stereocenters. The smallest absolute Gasteiger partial charge is 0.408 e. The van der Waals surface area contributed by atoms with Gasteiger partial charge < -0.3 is 20.7 Å². The molecule has 3 amide bonds. The summed E-state index contributed by atoms with van der Waals surface area (Å²) in [6, 6.07) is 7.20. The molecule has 0 heterocycles. The average molecular weight is 375 g/mol. The Balaban J connectivity index is 2.54. The van der Waals surface area contributed by atoms with Crippen LogP contribution in [-0.4, -0.2) is 30.1 Å². The molecule has 0 aliphatic rings. The first-order chi connectivity index (χ1) is 12.6. The van der Waals surface area contributed by atoms with Crippen LogP contribution in [0.4, 0.5) is 10.5 Å². The number of para-hydroxylation sites is 1. The summed E-state index contributed by atoms with van der Waals surface area (Å²) in [5.41, 5.74) is 0.757. The van der Waals surface area contributed by atoms with Crippen LogP contribution in [0, 0.1) is 5.92 Å². The van der Waals surface area contributed by atoms with E-state index in [9.17, 15) is 14.4 Å². The van der Waals surface area contributed by atoms with Crippen LogP contribution in [0.25, 0.3) is 0 Å². The van der Waals surface area contributed by atoms with Gasteiger partial charge in [0, 0.05) is 12.2 Å². The Hall–Kier alpha value is -2.83. The fraction of sp³-hybridized carbons (Fsp3) is 0.450. The minimum Gasteiger partial charge on any atom is -0.444 e. The van der Waals surface area contributed by atoms with Gasteiger partial charge in [0.25, 0.3) is 0 Å². The van der Waals surface area contributed by atoms with E-state index in [1.807, 2.05) is 32.1 Å². The summed E-state index contributed by atoms with van der Waals surface area (Å²) in [4.78, 5) is 35.4. The van der Waals surface area contributed by atoms with E-state index in [2.05, 4.69) is 16.0 Å². The second kappa shape index (κ2) is 10.4. The molecule has 1 aromatic rings. The fourth-order valence-electron chi connectivity index (χ4n) is 1.97. The number of alkyl carbamates (subject to hydrolysis) is 1. The van der Waals surface area contributed by atoms with Crippen molar-refractivity contribution in [3.63, 3.8) is 0 Å². The molecule has 7 heteroatoms. The molecule has 0 spiro atoms. The van der Waals surface area contributed by atoms with Crippen LogP contribution in [0.3, 0.4) is 0 Å². The highest BCUT2D eigenvalue weighted by Gasteiger charge is 2.16. The van der Waals surface area contributed by atoms with E-state index >= 15 is 0 Å². The number of allylic oxidation sites excluding steroid dienone is 1. The minimum absolute atomic E-state index is 0.194. The zero-order valence-electron chi connectivity index (χ0n) is 16.6. The van der Waals surface area contributed by atoms with Gasteiger partial charge in [-0.3, -0.25) is 9.59 Å². The lowest BCUT2D eigenvalue weighted by atomic mass is 10.1. The Morgan fingerprint density at radius 3 is 2.41 bits per heavy atom. The molecule has 27 heavy (non-hydrogen) atoms. The summed E-state index contributed by atoms with van der Waals surface area (Å²) in [6.07, 6.45) is 2.65. The lowest BCUT2D eigenvalue weighted by Gasteiger charge is -2.19. The number of rotatable bonds is 7. The molecule has 0 atom stereocenters. The molecule has 0 aliphatic heterocycles. The van der Waals surface area contributed by atoms with Crippen LogP contribution in [0.5, 0.6) is 0 Å². The van der Waals surface area contributed by atoms with Crippen molar-refractivity contribution in [3.05, 3.63) is 42.0 Å². The molecule has 0 radical (unpaired) electrons. The van der Waals surface area contributed by atoms with Crippen LogP contribution in [0.1, 0.15) is 40.2 Å². The highest BCUT2D eigenvalue weighted by atomic mass is 16.6. The Morgan fingerprint density at radius 2 is 1.78 bits per heavy atom. The van der Waals surface area contributed by atoms with Crippen molar-refractivity contribution in [2.75, 3.05) is 11.9 Å². The normalized spacial score (nSPS) is 11.3. The van der Waals surface area contributed by atoms with Crippen LogP contribution < -0.4 is 16.0 Å². The minimum atomic E-state index is -0.651. The zero-order valence-corrected chi connectivity index (χ0v) is 16.6. The third-order valence-electron chi connectivity index (χ3n) is 3.18. The van der Waals surface area contributed by atoms with Gasteiger partial charge in [-0.25, -0.2) is 4.79 Å².